The van der Waals surface area contributed by atoms with Gasteiger partial charge in [-0.3, -0.25) is 0 Å². The SMILES string of the molecule is CCOP(=O)(OCC)[C@@H]1N[C@H](c2ccccc2)[C]2(c3ccccc3-c3ccccc32)[Ge]1([c]1c(C)cc(C)cc1C)[c]1c(C)cc(C)cc1C. The Kier molecular flexibility index (Phi) is 8.95. The second-order valence-corrected chi connectivity index (χ2v) is 25.5. The van der Waals surface area contributed by atoms with Crippen molar-refractivity contribution in [2.45, 2.75) is 70.3 Å². The van der Waals surface area contributed by atoms with Crippen LogP contribution in [0, 0.1) is 41.5 Å². The molecule has 6 heteroatoms. The second kappa shape index (κ2) is 12.8. The summed E-state index contributed by atoms with van der Waals surface area (Å²) in [5.74, 6) is 0. The predicted octanol–water partition coefficient (Wildman–Crippen LogP) is 9.08. The second-order valence-electron chi connectivity index (χ2n) is 14.0. The number of rotatable bonds is 8. The first kappa shape index (κ1) is 34.2. The Morgan fingerprint density at radius 1 is 0.633 bits per heavy atom. The maximum absolute atomic E-state index is 16.0. The zero-order valence-electron chi connectivity index (χ0n) is 30.1. The first-order valence-corrected chi connectivity index (χ1v) is 23.6. The third-order valence-electron chi connectivity index (χ3n) is 11.0. The minimum absolute atomic E-state index is 0.210. The fourth-order valence-corrected chi connectivity index (χ4v) is 33.4. The van der Waals surface area contributed by atoms with Gasteiger partial charge in [-0.1, -0.05) is 0 Å². The van der Waals surface area contributed by atoms with Gasteiger partial charge >= 0.3 is 296 Å². The number of nitrogens with one attached hydrogen (secondary N) is 1. The molecule has 5 aromatic rings. The van der Waals surface area contributed by atoms with Crippen molar-refractivity contribution >= 4 is 29.7 Å². The Labute approximate surface area is 295 Å². The van der Waals surface area contributed by atoms with Gasteiger partial charge in [0.2, 0.25) is 0 Å². The molecule has 7 rings (SSSR count). The van der Waals surface area contributed by atoms with Crippen molar-refractivity contribution in [1.29, 1.82) is 0 Å². The van der Waals surface area contributed by atoms with Gasteiger partial charge in [-0.05, 0) is 0 Å². The van der Waals surface area contributed by atoms with E-state index in [1.165, 1.54) is 70.0 Å². The van der Waals surface area contributed by atoms with Gasteiger partial charge in [-0.15, -0.1) is 0 Å². The van der Waals surface area contributed by atoms with E-state index in [-0.39, 0.29) is 6.04 Å². The monoisotopic (exact) mass is 731 g/mol. The number of aryl methyl sites for hydroxylation is 6. The fourth-order valence-electron chi connectivity index (χ4n) is 10.1. The van der Waals surface area contributed by atoms with Gasteiger partial charge in [-0.25, -0.2) is 0 Å². The van der Waals surface area contributed by atoms with Crippen LogP contribution >= 0.6 is 7.60 Å². The van der Waals surface area contributed by atoms with E-state index in [9.17, 15) is 0 Å². The fraction of sp³-hybridized carbons (Fsp3) is 0.302. The Morgan fingerprint density at radius 3 is 1.47 bits per heavy atom. The average Bonchev–Trinajstić information content (AvgIpc) is 3.53. The van der Waals surface area contributed by atoms with Crippen LogP contribution in [-0.4, -0.2) is 31.1 Å². The zero-order chi connectivity index (χ0) is 34.7. The Morgan fingerprint density at radius 2 is 1.04 bits per heavy atom. The van der Waals surface area contributed by atoms with Crippen molar-refractivity contribution in [3.8, 4) is 11.1 Å². The molecule has 4 nitrogen and oxygen atoms in total. The topological polar surface area (TPSA) is 47.6 Å². The maximum atomic E-state index is 16.0. The molecule has 1 heterocycles. The van der Waals surface area contributed by atoms with Crippen LogP contribution in [-0.2, 0) is 17.9 Å². The van der Waals surface area contributed by atoms with Crippen LogP contribution in [0.15, 0.2) is 103 Å². The van der Waals surface area contributed by atoms with Crippen LogP contribution < -0.4 is 14.1 Å². The minimum atomic E-state index is -4.44. The van der Waals surface area contributed by atoms with Crippen molar-refractivity contribution in [1.82, 2.24) is 5.32 Å². The van der Waals surface area contributed by atoms with Crippen LogP contribution in [0.1, 0.15) is 70.0 Å². The standard InChI is InChI=1S/C43H48GeNO3P/c1-9-47-49(46,48-10-2)42-44(39-30(5)24-28(3)25-31(39)6,40-32(7)26-29(4)27-33(40)8)43(41(45-42)34-18-12-11-13-19-34)37-22-16-14-20-35(37)36-21-15-17-23-38(36)43/h11-27,41-42,45H,9-10H2,1-8H3/t41-,42+/m1/s1. The van der Waals surface area contributed by atoms with Gasteiger partial charge in [0.05, 0.1) is 0 Å². The molecular formula is C43H48GeNO3P. The molecule has 0 bridgehead atoms. The van der Waals surface area contributed by atoms with Gasteiger partial charge in [-0.2, -0.15) is 0 Å². The molecule has 1 aliphatic carbocycles. The number of benzene rings is 5. The number of fused-ring (bicyclic) bond motifs is 5. The average molecular weight is 730 g/mol. The van der Waals surface area contributed by atoms with Crippen molar-refractivity contribution < 1.29 is 13.6 Å². The normalized spacial score (nSPS) is 18.9. The van der Waals surface area contributed by atoms with Crippen LogP contribution in [0.25, 0.3) is 11.1 Å². The molecule has 2 atom stereocenters. The van der Waals surface area contributed by atoms with Crippen LogP contribution in [0.5, 0.6) is 0 Å². The number of hydrogen-bond acceptors (Lipinski definition) is 4. The molecule has 0 unspecified atom stereocenters. The summed E-state index contributed by atoms with van der Waals surface area (Å²) < 4.78 is 30.7. The van der Waals surface area contributed by atoms with E-state index in [0.717, 1.165) is 0 Å². The van der Waals surface area contributed by atoms with E-state index in [0.29, 0.717) is 13.2 Å². The molecule has 1 spiro atoms. The summed E-state index contributed by atoms with van der Waals surface area (Å²) >= 11 is -4.44. The predicted molar refractivity (Wildman–Crippen MR) is 206 cm³/mol. The summed E-state index contributed by atoms with van der Waals surface area (Å²) in [5, 5.41) is 4.23. The van der Waals surface area contributed by atoms with E-state index in [2.05, 4.69) is 150 Å². The van der Waals surface area contributed by atoms with Crippen LogP contribution in [0.4, 0.5) is 0 Å². The van der Waals surface area contributed by atoms with Gasteiger partial charge in [0.1, 0.15) is 0 Å². The molecule has 1 N–H and O–H groups in total. The summed E-state index contributed by atoms with van der Waals surface area (Å²) in [4.78, 5) is 0. The van der Waals surface area contributed by atoms with E-state index in [1.807, 2.05) is 13.8 Å². The summed E-state index contributed by atoms with van der Waals surface area (Å²) in [5.41, 5.74) is 13.7. The molecule has 0 radical (unpaired) electrons. The Bertz CT molecular complexity index is 1950. The molecule has 1 aliphatic heterocycles. The number of hydrogen-bond donors (Lipinski definition) is 1. The van der Waals surface area contributed by atoms with Crippen molar-refractivity contribution in [3.63, 3.8) is 0 Å². The third kappa shape index (κ3) is 4.86. The molecule has 0 amide bonds. The summed E-state index contributed by atoms with van der Waals surface area (Å²) in [6, 6.07) is 38.0. The zero-order valence-corrected chi connectivity index (χ0v) is 33.0. The van der Waals surface area contributed by atoms with Crippen molar-refractivity contribution in [2.24, 2.45) is 0 Å². The van der Waals surface area contributed by atoms with Gasteiger partial charge in [0.15, 0.2) is 0 Å². The molecule has 49 heavy (non-hydrogen) atoms. The summed E-state index contributed by atoms with van der Waals surface area (Å²) in [6.45, 7) is 17.9. The first-order valence-electron chi connectivity index (χ1n) is 17.6. The summed E-state index contributed by atoms with van der Waals surface area (Å²) in [7, 11) is -3.81. The van der Waals surface area contributed by atoms with Crippen LogP contribution in [0.3, 0.4) is 0 Å². The molecule has 0 saturated carbocycles. The Balaban J connectivity index is 1.83. The van der Waals surface area contributed by atoms with Gasteiger partial charge in [0, 0.05) is 0 Å². The molecule has 5 aromatic carbocycles. The molecule has 252 valence electrons. The van der Waals surface area contributed by atoms with E-state index >= 15 is 4.57 Å². The van der Waals surface area contributed by atoms with Crippen molar-refractivity contribution in [2.75, 3.05) is 13.2 Å². The van der Waals surface area contributed by atoms with Gasteiger partial charge < -0.3 is 0 Å². The molecule has 0 aromatic heterocycles. The molecule has 2 aliphatic rings. The Hall–Kier alpha value is -3.25. The first-order chi connectivity index (χ1) is 23.6. The van der Waals surface area contributed by atoms with E-state index in [4.69, 9.17) is 9.05 Å². The summed E-state index contributed by atoms with van der Waals surface area (Å²) in [6.07, 6.45) is 0. The van der Waals surface area contributed by atoms with Crippen molar-refractivity contribution in [3.05, 3.63) is 153 Å². The van der Waals surface area contributed by atoms with Gasteiger partial charge in [0.25, 0.3) is 0 Å². The molecule has 1 fully saturated rings. The molecule has 1 saturated heterocycles. The molecular weight excluding hydrogens is 682 g/mol. The van der Waals surface area contributed by atoms with E-state index in [1.54, 1.807) is 0 Å². The third-order valence-corrected chi connectivity index (χ3v) is 30.0. The van der Waals surface area contributed by atoms with E-state index < -0.39 is 29.7 Å². The van der Waals surface area contributed by atoms with Crippen LogP contribution in [0.2, 0.25) is 0 Å². The quantitative estimate of drug-likeness (QED) is 0.128.